The lowest BCUT2D eigenvalue weighted by atomic mass is 9.89. The van der Waals surface area contributed by atoms with E-state index in [1.807, 2.05) is 0 Å². The molecule has 0 amide bonds. The normalized spacial score (nSPS) is 36.5. The molecule has 2 rings (SSSR count). The van der Waals surface area contributed by atoms with Crippen molar-refractivity contribution < 1.29 is 24.1 Å². The van der Waals surface area contributed by atoms with Gasteiger partial charge in [0.1, 0.15) is 5.60 Å². The molecule has 21 heavy (non-hydrogen) atoms. The topological polar surface area (TPSA) is 65.0 Å². The second-order valence-electron chi connectivity index (χ2n) is 6.86. The molecule has 122 valence electrons. The zero-order valence-electron chi connectivity index (χ0n) is 13.4. The molecule has 0 saturated carbocycles. The highest BCUT2D eigenvalue weighted by Gasteiger charge is 2.54. The van der Waals surface area contributed by atoms with Crippen LogP contribution in [0.25, 0.3) is 0 Å². The smallest absolute Gasteiger partial charge is 0.308 e. The Bertz CT molecular complexity index is 372. The maximum absolute atomic E-state index is 11.5. The predicted molar refractivity (Wildman–Crippen MR) is 77.9 cm³/mol. The number of ether oxygens (including phenoxy) is 3. The lowest BCUT2D eigenvalue weighted by Gasteiger charge is -2.44. The molecular weight excluding hydrogens is 272 g/mol. The fourth-order valence-electron chi connectivity index (χ4n) is 3.38. The van der Waals surface area contributed by atoms with Crippen LogP contribution in [0, 0.1) is 5.92 Å². The molecule has 2 heterocycles. The molecule has 2 aliphatic rings. The molecule has 0 aromatic heterocycles. The molecule has 5 nitrogen and oxygen atoms in total. The van der Waals surface area contributed by atoms with Crippen LogP contribution in [0.3, 0.4) is 0 Å². The highest BCUT2D eigenvalue weighted by Crippen LogP contribution is 2.46. The molecule has 2 saturated heterocycles. The van der Waals surface area contributed by atoms with Crippen molar-refractivity contribution in [2.75, 3.05) is 20.3 Å². The predicted octanol–water partition coefficient (Wildman–Crippen LogP) is 2.05. The average Bonchev–Trinajstić information content (AvgIpc) is 2.84. The van der Waals surface area contributed by atoms with Crippen molar-refractivity contribution in [3.8, 4) is 0 Å². The van der Waals surface area contributed by atoms with E-state index in [1.165, 1.54) is 7.11 Å². The fraction of sp³-hybridized carbons (Fsp3) is 0.938. The van der Waals surface area contributed by atoms with Crippen LogP contribution in [0.15, 0.2) is 0 Å². The number of carbonyl (C=O) groups excluding carboxylic acids is 1. The first kappa shape index (κ1) is 16.7. The van der Waals surface area contributed by atoms with Gasteiger partial charge in [-0.15, -0.1) is 0 Å². The van der Waals surface area contributed by atoms with E-state index in [0.29, 0.717) is 12.5 Å². The third kappa shape index (κ3) is 3.76. The van der Waals surface area contributed by atoms with Gasteiger partial charge >= 0.3 is 5.97 Å². The maximum Gasteiger partial charge on any atom is 0.308 e. The largest absolute Gasteiger partial charge is 0.469 e. The molecule has 0 spiro atoms. The number of aliphatic hydroxyl groups is 1. The van der Waals surface area contributed by atoms with Gasteiger partial charge in [0.15, 0.2) is 0 Å². The van der Waals surface area contributed by atoms with Crippen LogP contribution in [0.2, 0.25) is 0 Å². The molecular formula is C16H28O5. The SMILES string of the molecule is COC(=O)CC12CCC(O1)C(C)(CCCC(C)CO)OC2. The summed E-state index contributed by atoms with van der Waals surface area (Å²) in [4.78, 5) is 11.5. The van der Waals surface area contributed by atoms with Crippen LogP contribution < -0.4 is 0 Å². The zero-order valence-corrected chi connectivity index (χ0v) is 13.4. The number of methoxy groups -OCH3 is 1. The summed E-state index contributed by atoms with van der Waals surface area (Å²) in [7, 11) is 1.40. The standard InChI is InChI=1S/C16H28O5/c1-12(10-17)5-4-7-15(2)13-6-8-16(21-13,11-20-15)9-14(18)19-3/h12-13,17H,4-11H2,1-3H3. The summed E-state index contributed by atoms with van der Waals surface area (Å²) >= 11 is 0. The number of hydrogen-bond donors (Lipinski definition) is 1. The van der Waals surface area contributed by atoms with Crippen molar-refractivity contribution >= 4 is 5.97 Å². The minimum absolute atomic E-state index is 0.0559. The summed E-state index contributed by atoms with van der Waals surface area (Å²) < 4.78 is 17.1. The minimum Gasteiger partial charge on any atom is -0.469 e. The summed E-state index contributed by atoms with van der Waals surface area (Å²) in [5, 5.41) is 9.08. The van der Waals surface area contributed by atoms with Crippen LogP contribution in [0.1, 0.15) is 52.4 Å². The van der Waals surface area contributed by atoms with Gasteiger partial charge in [-0.05, 0) is 38.5 Å². The summed E-state index contributed by atoms with van der Waals surface area (Å²) in [6, 6.07) is 0. The van der Waals surface area contributed by atoms with Gasteiger partial charge in [0.2, 0.25) is 0 Å². The molecule has 0 aromatic rings. The first-order valence-electron chi connectivity index (χ1n) is 7.92. The van der Waals surface area contributed by atoms with E-state index in [-0.39, 0.29) is 30.7 Å². The van der Waals surface area contributed by atoms with Gasteiger partial charge in [-0.25, -0.2) is 0 Å². The molecule has 0 aromatic carbocycles. The second kappa shape index (κ2) is 6.63. The maximum atomic E-state index is 11.5. The Hall–Kier alpha value is -0.650. The van der Waals surface area contributed by atoms with E-state index in [4.69, 9.17) is 19.3 Å². The van der Waals surface area contributed by atoms with Crippen molar-refractivity contribution in [2.24, 2.45) is 5.92 Å². The Labute approximate surface area is 126 Å². The van der Waals surface area contributed by atoms with E-state index in [2.05, 4.69) is 13.8 Å². The van der Waals surface area contributed by atoms with E-state index < -0.39 is 5.60 Å². The number of aliphatic hydroxyl groups excluding tert-OH is 1. The van der Waals surface area contributed by atoms with Gasteiger partial charge in [0, 0.05) is 6.61 Å². The molecule has 4 unspecified atom stereocenters. The number of rotatable bonds is 7. The van der Waals surface area contributed by atoms with Gasteiger partial charge in [-0.1, -0.05) is 13.3 Å². The monoisotopic (exact) mass is 300 g/mol. The van der Waals surface area contributed by atoms with Crippen molar-refractivity contribution in [1.82, 2.24) is 0 Å². The average molecular weight is 300 g/mol. The second-order valence-corrected chi connectivity index (χ2v) is 6.86. The third-order valence-electron chi connectivity index (χ3n) is 4.98. The van der Waals surface area contributed by atoms with Crippen LogP contribution in [0.4, 0.5) is 0 Å². The number of fused-ring (bicyclic) bond motifs is 2. The number of esters is 1. The van der Waals surface area contributed by atoms with Gasteiger partial charge in [-0.2, -0.15) is 0 Å². The molecule has 2 bridgehead atoms. The van der Waals surface area contributed by atoms with Gasteiger partial charge in [0.25, 0.3) is 0 Å². The highest BCUT2D eigenvalue weighted by molar-refractivity contribution is 5.70. The Balaban J connectivity index is 1.88. The number of hydrogen-bond acceptors (Lipinski definition) is 5. The Kier molecular flexibility index (Phi) is 5.28. The van der Waals surface area contributed by atoms with E-state index in [9.17, 15) is 4.79 Å². The van der Waals surface area contributed by atoms with Crippen molar-refractivity contribution in [3.63, 3.8) is 0 Å². The summed E-state index contributed by atoms with van der Waals surface area (Å²) in [6.45, 7) is 4.86. The zero-order chi connectivity index (χ0) is 15.5. The quantitative estimate of drug-likeness (QED) is 0.729. The van der Waals surface area contributed by atoms with E-state index in [1.54, 1.807) is 0 Å². The van der Waals surface area contributed by atoms with Gasteiger partial charge < -0.3 is 19.3 Å². The molecule has 4 atom stereocenters. The van der Waals surface area contributed by atoms with E-state index >= 15 is 0 Å². The Morgan fingerprint density at radius 2 is 2.29 bits per heavy atom. The van der Waals surface area contributed by atoms with Crippen LogP contribution in [-0.4, -0.2) is 48.7 Å². The highest BCUT2D eigenvalue weighted by atomic mass is 16.6. The summed E-state index contributed by atoms with van der Waals surface area (Å²) in [5.74, 6) is 0.0970. The third-order valence-corrected chi connectivity index (χ3v) is 4.98. The van der Waals surface area contributed by atoms with Crippen molar-refractivity contribution in [1.29, 1.82) is 0 Å². The molecule has 0 radical (unpaired) electrons. The van der Waals surface area contributed by atoms with Crippen LogP contribution in [0.5, 0.6) is 0 Å². The number of carbonyl (C=O) groups is 1. The minimum atomic E-state index is -0.477. The lowest BCUT2D eigenvalue weighted by Crippen LogP contribution is -2.53. The lowest BCUT2D eigenvalue weighted by molar-refractivity contribution is -0.243. The van der Waals surface area contributed by atoms with E-state index in [0.717, 1.165) is 32.1 Å². The summed E-state index contributed by atoms with van der Waals surface area (Å²) in [5.41, 5.74) is -0.749. The van der Waals surface area contributed by atoms with Crippen LogP contribution >= 0.6 is 0 Å². The van der Waals surface area contributed by atoms with Crippen molar-refractivity contribution in [3.05, 3.63) is 0 Å². The van der Waals surface area contributed by atoms with Crippen molar-refractivity contribution in [2.45, 2.75) is 69.7 Å². The summed E-state index contributed by atoms with van der Waals surface area (Å²) in [6.07, 6.45) is 5.06. The van der Waals surface area contributed by atoms with Gasteiger partial charge in [-0.3, -0.25) is 4.79 Å². The molecule has 0 aliphatic carbocycles. The van der Waals surface area contributed by atoms with Gasteiger partial charge in [0.05, 0.1) is 31.8 Å². The Morgan fingerprint density at radius 1 is 1.52 bits per heavy atom. The fourth-order valence-corrected chi connectivity index (χ4v) is 3.38. The molecule has 5 heteroatoms. The molecule has 2 fully saturated rings. The molecule has 1 N–H and O–H groups in total. The van der Waals surface area contributed by atoms with Crippen LogP contribution in [-0.2, 0) is 19.0 Å². The first-order valence-corrected chi connectivity index (χ1v) is 7.92. The molecule has 2 aliphatic heterocycles. The first-order chi connectivity index (χ1) is 9.93. The Morgan fingerprint density at radius 3 is 2.95 bits per heavy atom.